The predicted molar refractivity (Wildman–Crippen MR) is 88.1 cm³/mol. The van der Waals surface area contributed by atoms with E-state index >= 15 is 0 Å². The summed E-state index contributed by atoms with van der Waals surface area (Å²) in [5, 5.41) is 10.9. The molecule has 1 N–H and O–H groups in total. The number of nitrogens with zero attached hydrogens (tertiary/aromatic N) is 3. The largest absolute Gasteiger partial charge is 0.497 e. The van der Waals surface area contributed by atoms with E-state index in [1.807, 2.05) is 29.7 Å². The van der Waals surface area contributed by atoms with Crippen LogP contribution in [0.15, 0.2) is 24.5 Å². The van der Waals surface area contributed by atoms with Crippen LogP contribution in [0.1, 0.15) is 18.3 Å². The average Bonchev–Trinajstić information content (AvgIpc) is 3.08. The van der Waals surface area contributed by atoms with E-state index in [1.165, 1.54) is 0 Å². The summed E-state index contributed by atoms with van der Waals surface area (Å²) >= 11 is 0. The molecule has 0 spiro atoms. The highest BCUT2D eigenvalue weighted by molar-refractivity contribution is 5.79. The Balaban J connectivity index is 1.52. The van der Waals surface area contributed by atoms with E-state index in [0.717, 1.165) is 29.4 Å². The second-order valence-corrected chi connectivity index (χ2v) is 5.76. The Morgan fingerprint density at radius 1 is 1.50 bits per heavy atom. The van der Waals surface area contributed by atoms with Gasteiger partial charge in [-0.15, -0.1) is 10.2 Å². The molecule has 1 aliphatic heterocycles. The number of nitrogens with one attached hydrogen (secondary N) is 1. The van der Waals surface area contributed by atoms with Gasteiger partial charge in [-0.25, -0.2) is 0 Å². The molecule has 0 radical (unpaired) electrons. The number of carbonyl (C=O) groups is 1. The smallest absolute Gasteiger partial charge is 0.226 e. The van der Waals surface area contributed by atoms with Gasteiger partial charge in [0.25, 0.3) is 0 Å². The van der Waals surface area contributed by atoms with Gasteiger partial charge in [0.05, 0.1) is 13.0 Å². The number of benzene rings is 1. The lowest BCUT2D eigenvalue weighted by Gasteiger charge is -2.25. The lowest BCUT2D eigenvalue weighted by molar-refractivity contribution is -0.126. The molecule has 3 rings (SSSR count). The van der Waals surface area contributed by atoms with Crippen LogP contribution in [0.2, 0.25) is 0 Å². The van der Waals surface area contributed by atoms with Gasteiger partial charge >= 0.3 is 0 Å². The summed E-state index contributed by atoms with van der Waals surface area (Å²) in [6, 6.07) is 5.71. The van der Waals surface area contributed by atoms with Gasteiger partial charge in [0, 0.05) is 25.6 Å². The summed E-state index contributed by atoms with van der Waals surface area (Å²) in [4.78, 5) is 12.4. The van der Waals surface area contributed by atoms with Gasteiger partial charge in [-0.1, -0.05) is 6.07 Å². The van der Waals surface area contributed by atoms with Gasteiger partial charge in [-0.3, -0.25) is 4.79 Å². The Hall–Kier alpha value is -2.57. The molecular formula is C17H22N4O3. The topological polar surface area (TPSA) is 78.3 Å². The van der Waals surface area contributed by atoms with Crippen LogP contribution >= 0.6 is 0 Å². The van der Waals surface area contributed by atoms with Crippen molar-refractivity contribution in [2.24, 2.45) is 5.92 Å². The first kappa shape index (κ1) is 16.3. The van der Waals surface area contributed by atoms with E-state index in [1.54, 1.807) is 13.4 Å². The molecule has 0 saturated carbocycles. The van der Waals surface area contributed by atoms with Crippen LogP contribution in [-0.4, -0.2) is 40.9 Å². The number of amides is 1. The molecule has 24 heavy (non-hydrogen) atoms. The standard InChI is InChI=1S/C17H22N4O3/c1-3-21-11-19-20-16(21)6-7-18-17(22)13-8-12-4-5-14(23-2)9-15(12)24-10-13/h4-5,9,11,13H,3,6-8,10H2,1-2H3,(H,18,22)/t13-/m0/s1. The van der Waals surface area contributed by atoms with E-state index < -0.39 is 0 Å². The molecule has 1 aliphatic rings. The number of carbonyl (C=O) groups excluding carboxylic acids is 1. The Labute approximate surface area is 141 Å². The summed E-state index contributed by atoms with van der Waals surface area (Å²) < 4.78 is 12.9. The van der Waals surface area contributed by atoms with E-state index in [-0.39, 0.29) is 11.8 Å². The van der Waals surface area contributed by atoms with Crippen LogP contribution in [-0.2, 0) is 24.2 Å². The van der Waals surface area contributed by atoms with Crippen LogP contribution in [0.3, 0.4) is 0 Å². The number of aromatic nitrogens is 3. The SMILES string of the molecule is CCn1cnnc1CCNC(=O)[C@@H]1COc2cc(OC)ccc2C1. The van der Waals surface area contributed by atoms with Crippen molar-refractivity contribution < 1.29 is 14.3 Å². The van der Waals surface area contributed by atoms with Gasteiger partial charge in [-0.05, 0) is 25.0 Å². The minimum absolute atomic E-state index is 0.0130. The number of ether oxygens (including phenoxy) is 2. The number of methoxy groups -OCH3 is 1. The van der Waals surface area contributed by atoms with Crippen molar-refractivity contribution >= 4 is 5.91 Å². The van der Waals surface area contributed by atoms with Crippen molar-refractivity contribution in [2.45, 2.75) is 26.3 Å². The zero-order chi connectivity index (χ0) is 16.9. The van der Waals surface area contributed by atoms with Crippen LogP contribution in [0.4, 0.5) is 0 Å². The molecule has 2 heterocycles. The quantitative estimate of drug-likeness (QED) is 0.861. The molecule has 0 bridgehead atoms. The second kappa shape index (κ2) is 7.33. The normalized spacial score (nSPS) is 16.2. The van der Waals surface area contributed by atoms with Crippen molar-refractivity contribution in [1.29, 1.82) is 0 Å². The fourth-order valence-electron chi connectivity index (χ4n) is 2.83. The van der Waals surface area contributed by atoms with Crippen molar-refractivity contribution in [3.05, 3.63) is 35.9 Å². The third kappa shape index (κ3) is 3.50. The molecule has 1 atom stereocenters. The predicted octanol–water partition coefficient (Wildman–Crippen LogP) is 1.22. The molecule has 1 aromatic carbocycles. The maximum Gasteiger partial charge on any atom is 0.226 e. The van der Waals surface area contributed by atoms with Crippen LogP contribution in [0.25, 0.3) is 0 Å². The third-order valence-electron chi connectivity index (χ3n) is 4.24. The second-order valence-electron chi connectivity index (χ2n) is 5.76. The van der Waals surface area contributed by atoms with Crippen LogP contribution < -0.4 is 14.8 Å². The Morgan fingerprint density at radius 2 is 2.38 bits per heavy atom. The Morgan fingerprint density at radius 3 is 3.17 bits per heavy atom. The maximum atomic E-state index is 12.4. The minimum Gasteiger partial charge on any atom is -0.497 e. The Kier molecular flexibility index (Phi) is 4.98. The van der Waals surface area contributed by atoms with Crippen molar-refractivity contribution in [1.82, 2.24) is 20.1 Å². The number of aryl methyl sites for hydroxylation is 1. The molecule has 7 heteroatoms. The van der Waals surface area contributed by atoms with Crippen LogP contribution in [0, 0.1) is 5.92 Å². The molecule has 1 aromatic heterocycles. The highest BCUT2D eigenvalue weighted by Gasteiger charge is 2.26. The molecule has 2 aromatic rings. The van der Waals surface area contributed by atoms with Gasteiger partial charge in [0.15, 0.2) is 0 Å². The minimum atomic E-state index is -0.171. The third-order valence-corrected chi connectivity index (χ3v) is 4.24. The molecule has 0 aliphatic carbocycles. The summed E-state index contributed by atoms with van der Waals surface area (Å²) in [5.41, 5.74) is 1.04. The molecule has 0 saturated heterocycles. The van der Waals surface area contributed by atoms with Crippen molar-refractivity contribution in [2.75, 3.05) is 20.3 Å². The number of hydrogen-bond acceptors (Lipinski definition) is 5. The van der Waals surface area contributed by atoms with Gasteiger partial charge in [0.1, 0.15) is 30.3 Å². The summed E-state index contributed by atoms with van der Waals surface area (Å²) in [6.07, 6.45) is 3.05. The molecule has 1 amide bonds. The molecule has 7 nitrogen and oxygen atoms in total. The zero-order valence-corrected chi connectivity index (χ0v) is 14.0. The van der Waals surface area contributed by atoms with Crippen molar-refractivity contribution in [3.8, 4) is 11.5 Å². The van der Waals surface area contributed by atoms with Gasteiger partial charge in [-0.2, -0.15) is 0 Å². The first-order valence-electron chi connectivity index (χ1n) is 8.15. The highest BCUT2D eigenvalue weighted by atomic mass is 16.5. The molecule has 128 valence electrons. The first-order chi connectivity index (χ1) is 11.7. The van der Waals surface area contributed by atoms with E-state index in [0.29, 0.717) is 26.0 Å². The molecule has 0 unspecified atom stereocenters. The summed E-state index contributed by atoms with van der Waals surface area (Å²) in [5.74, 6) is 2.29. The fraction of sp³-hybridized carbons (Fsp3) is 0.471. The molecule has 0 fully saturated rings. The monoisotopic (exact) mass is 330 g/mol. The van der Waals surface area contributed by atoms with Crippen LogP contribution in [0.5, 0.6) is 11.5 Å². The fourth-order valence-corrected chi connectivity index (χ4v) is 2.83. The van der Waals surface area contributed by atoms with Crippen molar-refractivity contribution in [3.63, 3.8) is 0 Å². The Bertz CT molecular complexity index is 714. The first-order valence-corrected chi connectivity index (χ1v) is 8.15. The summed E-state index contributed by atoms with van der Waals surface area (Å²) in [7, 11) is 1.63. The lowest BCUT2D eigenvalue weighted by atomic mass is 9.96. The summed E-state index contributed by atoms with van der Waals surface area (Å²) in [6.45, 7) is 3.80. The maximum absolute atomic E-state index is 12.4. The highest BCUT2D eigenvalue weighted by Crippen LogP contribution is 2.30. The van der Waals surface area contributed by atoms with Gasteiger partial charge in [0.2, 0.25) is 5.91 Å². The van der Waals surface area contributed by atoms with Gasteiger partial charge < -0.3 is 19.4 Å². The zero-order valence-electron chi connectivity index (χ0n) is 14.0. The average molecular weight is 330 g/mol. The van der Waals surface area contributed by atoms with E-state index in [9.17, 15) is 4.79 Å². The number of fused-ring (bicyclic) bond motifs is 1. The van der Waals surface area contributed by atoms with E-state index in [4.69, 9.17) is 9.47 Å². The number of hydrogen-bond donors (Lipinski definition) is 1. The molecular weight excluding hydrogens is 308 g/mol. The number of rotatable bonds is 6. The van der Waals surface area contributed by atoms with E-state index in [2.05, 4.69) is 15.5 Å². The lowest BCUT2D eigenvalue weighted by Crippen LogP contribution is -2.38.